The summed E-state index contributed by atoms with van der Waals surface area (Å²) < 4.78 is 0. The SMILES string of the molecule is CCCCCCCCNCC(CCCCCC(C)C)CCCC(C)C. The Hall–Kier alpha value is -0.0400. The quantitative estimate of drug-likeness (QED) is 0.232. The molecular weight excluding hydrogens is 302 g/mol. The van der Waals surface area contributed by atoms with Crippen molar-refractivity contribution in [1.29, 1.82) is 0 Å². The van der Waals surface area contributed by atoms with Crippen LogP contribution in [0.2, 0.25) is 0 Å². The Morgan fingerprint density at radius 2 is 1.08 bits per heavy atom. The highest BCUT2D eigenvalue weighted by Crippen LogP contribution is 2.19. The van der Waals surface area contributed by atoms with E-state index in [4.69, 9.17) is 0 Å². The smallest absolute Gasteiger partial charge is 0.00205 e. The van der Waals surface area contributed by atoms with Crippen molar-refractivity contribution in [3.63, 3.8) is 0 Å². The second kappa shape index (κ2) is 18.7. The van der Waals surface area contributed by atoms with Crippen LogP contribution in [0.1, 0.15) is 125 Å². The summed E-state index contributed by atoms with van der Waals surface area (Å²) in [5, 5.41) is 3.77. The van der Waals surface area contributed by atoms with Gasteiger partial charge in [0, 0.05) is 0 Å². The van der Waals surface area contributed by atoms with Crippen LogP contribution in [0, 0.1) is 17.8 Å². The van der Waals surface area contributed by atoms with Crippen LogP contribution in [0.3, 0.4) is 0 Å². The summed E-state index contributed by atoms with van der Waals surface area (Å²) in [4.78, 5) is 0. The maximum Gasteiger partial charge on any atom is -0.00205 e. The van der Waals surface area contributed by atoms with Crippen molar-refractivity contribution in [2.45, 2.75) is 125 Å². The van der Waals surface area contributed by atoms with Gasteiger partial charge in [-0.15, -0.1) is 0 Å². The summed E-state index contributed by atoms with van der Waals surface area (Å²) in [6.45, 7) is 14.2. The van der Waals surface area contributed by atoms with Crippen LogP contribution < -0.4 is 5.32 Å². The number of hydrogen-bond acceptors (Lipinski definition) is 1. The predicted octanol–water partition coefficient (Wildman–Crippen LogP) is 7.99. The van der Waals surface area contributed by atoms with Gasteiger partial charge in [-0.25, -0.2) is 0 Å². The molecule has 0 aliphatic heterocycles. The molecule has 0 rings (SSSR count). The van der Waals surface area contributed by atoms with Crippen LogP contribution >= 0.6 is 0 Å². The van der Waals surface area contributed by atoms with E-state index in [0.717, 1.165) is 17.8 Å². The van der Waals surface area contributed by atoms with Gasteiger partial charge >= 0.3 is 0 Å². The number of rotatable bonds is 19. The minimum Gasteiger partial charge on any atom is -0.316 e. The molecule has 0 amide bonds. The fraction of sp³-hybridized carbons (Fsp3) is 1.00. The molecule has 0 radical (unpaired) electrons. The lowest BCUT2D eigenvalue weighted by Crippen LogP contribution is -2.24. The third-order valence-corrected chi connectivity index (χ3v) is 5.43. The monoisotopic (exact) mass is 353 g/mol. The van der Waals surface area contributed by atoms with Crippen LogP contribution in [0.4, 0.5) is 0 Å². The number of hydrogen-bond donors (Lipinski definition) is 1. The fourth-order valence-electron chi connectivity index (χ4n) is 3.66. The Labute approximate surface area is 161 Å². The molecule has 0 aromatic carbocycles. The Morgan fingerprint density at radius 1 is 0.560 bits per heavy atom. The van der Waals surface area contributed by atoms with E-state index in [-0.39, 0.29) is 0 Å². The van der Waals surface area contributed by atoms with Gasteiger partial charge in [0.05, 0.1) is 0 Å². The van der Waals surface area contributed by atoms with Crippen molar-refractivity contribution >= 4 is 0 Å². The molecule has 0 aliphatic carbocycles. The summed E-state index contributed by atoms with van der Waals surface area (Å²) in [7, 11) is 0. The fourth-order valence-corrected chi connectivity index (χ4v) is 3.66. The lowest BCUT2D eigenvalue weighted by Gasteiger charge is -2.18. The zero-order valence-corrected chi connectivity index (χ0v) is 18.5. The van der Waals surface area contributed by atoms with Gasteiger partial charge in [0.2, 0.25) is 0 Å². The van der Waals surface area contributed by atoms with Gasteiger partial charge in [-0.1, -0.05) is 105 Å². The summed E-state index contributed by atoms with van der Waals surface area (Å²) in [5.41, 5.74) is 0. The summed E-state index contributed by atoms with van der Waals surface area (Å²) in [6.07, 6.45) is 19.9. The van der Waals surface area contributed by atoms with E-state index in [1.165, 1.54) is 103 Å². The Balaban J connectivity index is 3.77. The first kappa shape index (κ1) is 25.0. The highest BCUT2D eigenvalue weighted by atomic mass is 14.8. The zero-order valence-electron chi connectivity index (χ0n) is 18.5. The molecular formula is C24H51N. The molecule has 25 heavy (non-hydrogen) atoms. The van der Waals surface area contributed by atoms with E-state index in [9.17, 15) is 0 Å². The molecule has 0 spiro atoms. The highest BCUT2D eigenvalue weighted by molar-refractivity contribution is 4.65. The van der Waals surface area contributed by atoms with Gasteiger partial charge in [0.1, 0.15) is 0 Å². The summed E-state index contributed by atoms with van der Waals surface area (Å²) in [6, 6.07) is 0. The van der Waals surface area contributed by atoms with Gasteiger partial charge in [0.25, 0.3) is 0 Å². The molecule has 1 N–H and O–H groups in total. The lowest BCUT2D eigenvalue weighted by molar-refractivity contribution is 0.370. The van der Waals surface area contributed by atoms with E-state index < -0.39 is 0 Å². The normalized spacial score (nSPS) is 13.1. The Kier molecular flexibility index (Phi) is 18.7. The summed E-state index contributed by atoms with van der Waals surface area (Å²) in [5.74, 6) is 2.65. The molecule has 1 nitrogen and oxygen atoms in total. The van der Waals surface area contributed by atoms with Crippen LogP contribution in [0.5, 0.6) is 0 Å². The van der Waals surface area contributed by atoms with Crippen molar-refractivity contribution in [1.82, 2.24) is 5.32 Å². The Morgan fingerprint density at radius 3 is 1.76 bits per heavy atom. The lowest BCUT2D eigenvalue weighted by atomic mass is 9.92. The average molecular weight is 354 g/mol. The Bertz CT molecular complexity index is 246. The molecule has 0 saturated carbocycles. The van der Waals surface area contributed by atoms with Crippen LogP contribution in [-0.4, -0.2) is 13.1 Å². The van der Waals surface area contributed by atoms with Crippen LogP contribution in [0.25, 0.3) is 0 Å². The van der Waals surface area contributed by atoms with E-state index >= 15 is 0 Å². The molecule has 0 aromatic rings. The van der Waals surface area contributed by atoms with Crippen molar-refractivity contribution in [2.75, 3.05) is 13.1 Å². The largest absolute Gasteiger partial charge is 0.316 e. The van der Waals surface area contributed by atoms with E-state index in [1.54, 1.807) is 0 Å². The van der Waals surface area contributed by atoms with E-state index in [2.05, 4.69) is 39.9 Å². The molecule has 0 saturated heterocycles. The number of nitrogens with one attached hydrogen (secondary N) is 1. The molecule has 1 unspecified atom stereocenters. The van der Waals surface area contributed by atoms with Crippen LogP contribution in [0.15, 0.2) is 0 Å². The average Bonchev–Trinajstić information content (AvgIpc) is 2.55. The number of unbranched alkanes of at least 4 members (excludes halogenated alkanes) is 7. The van der Waals surface area contributed by atoms with E-state index in [0.29, 0.717) is 0 Å². The van der Waals surface area contributed by atoms with Gasteiger partial charge in [-0.05, 0) is 50.1 Å². The van der Waals surface area contributed by atoms with E-state index in [1.807, 2.05) is 0 Å². The maximum absolute atomic E-state index is 3.77. The first-order chi connectivity index (χ1) is 12.1. The van der Waals surface area contributed by atoms with Gasteiger partial charge in [-0.3, -0.25) is 0 Å². The summed E-state index contributed by atoms with van der Waals surface area (Å²) >= 11 is 0. The molecule has 1 atom stereocenters. The highest BCUT2D eigenvalue weighted by Gasteiger charge is 2.09. The van der Waals surface area contributed by atoms with Gasteiger partial charge in [-0.2, -0.15) is 0 Å². The van der Waals surface area contributed by atoms with Crippen molar-refractivity contribution in [3.8, 4) is 0 Å². The maximum atomic E-state index is 3.77. The molecule has 152 valence electrons. The molecule has 0 aliphatic rings. The molecule has 0 aromatic heterocycles. The molecule has 0 fully saturated rings. The second-order valence-electron chi connectivity index (χ2n) is 9.19. The first-order valence-electron chi connectivity index (χ1n) is 11.8. The van der Waals surface area contributed by atoms with Crippen molar-refractivity contribution in [3.05, 3.63) is 0 Å². The standard InChI is InChI=1S/C24H51N/c1-6-7-8-9-10-14-20-25-21-24(19-15-17-23(4)5)18-13-11-12-16-22(2)3/h22-25H,6-21H2,1-5H3. The van der Waals surface area contributed by atoms with Crippen molar-refractivity contribution in [2.24, 2.45) is 17.8 Å². The predicted molar refractivity (Wildman–Crippen MR) is 116 cm³/mol. The first-order valence-corrected chi connectivity index (χ1v) is 11.8. The van der Waals surface area contributed by atoms with Crippen molar-refractivity contribution < 1.29 is 0 Å². The van der Waals surface area contributed by atoms with Gasteiger partial charge in [0.15, 0.2) is 0 Å². The second-order valence-corrected chi connectivity index (χ2v) is 9.19. The minimum absolute atomic E-state index is 0.864. The molecule has 1 heteroatoms. The third kappa shape index (κ3) is 20.1. The minimum atomic E-state index is 0.864. The molecule has 0 bridgehead atoms. The zero-order chi connectivity index (χ0) is 18.8. The van der Waals surface area contributed by atoms with Crippen LogP contribution in [-0.2, 0) is 0 Å². The van der Waals surface area contributed by atoms with Gasteiger partial charge < -0.3 is 5.32 Å². The topological polar surface area (TPSA) is 12.0 Å². The molecule has 0 heterocycles. The third-order valence-electron chi connectivity index (χ3n) is 5.43.